The molecule has 0 saturated heterocycles. The number of carbonyl (C=O) groups excluding carboxylic acids is 1. The van der Waals surface area contributed by atoms with Crippen molar-refractivity contribution in [3.05, 3.63) is 0 Å². The average Bonchev–Trinajstić information content (AvgIpc) is 1.87. The predicted octanol–water partition coefficient (Wildman–Crippen LogP) is 0.0516. The van der Waals surface area contributed by atoms with Crippen LogP contribution in [0.25, 0.3) is 0 Å². The number of esters is 1. The lowest BCUT2D eigenvalue weighted by atomic mass is 10.8. The number of rotatable bonds is 4. The Kier molecular flexibility index (Phi) is 4.63. The van der Waals surface area contributed by atoms with Crippen LogP contribution in [-0.4, -0.2) is 31.4 Å². The quantitative estimate of drug-likeness (QED) is 0.466. The summed E-state index contributed by atoms with van der Waals surface area (Å²) in [6, 6.07) is 0.899. The highest BCUT2D eigenvalue weighted by atomic mass is 28.4. The molecular weight excluding hydrogens is 176 g/mol. The maximum absolute atomic E-state index is 10.4. The van der Waals surface area contributed by atoms with E-state index < -0.39 is 8.32 Å². The average molecular weight is 192 g/mol. The largest absolute Gasteiger partial charge is 0.466 e. The van der Waals surface area contributed by atoms with E-state index in [1.54, 1.807) is 0 Å². The lowest BCUT2D eigenvalue weighted by Crippen LogP contribution is -2.30. The highest BCUT2D eigenvalue weighted by molar-refractivity contribution is 6.73. The molecule has 0 heterocycles. The summed E-state index contributed by atoms with van der Waals surface area (Å²) >= 11 is 0. The molecule has 0 aromatic heterocycles. The third-order valence-electron chi connectivity index (χ3n) is 1.56. The van der Waals surface area contributed by atoms with Crippen LogP contribution in [0, 0.1) is 0 Å². The fourth-order valence-corrected chi connectivity index (χ4v) is 1.95. The molecule has 0 rings (SSSR count). The zero-order valence-electron chi connectivity index (χ0n) is 7.64. The van der Waals surface area contributed by atoms with E-state index in [1.807, 2.05) is 0 Å². The molecule has 0 radical (unpaired) electrons. The Morgan fingerprint density at radius 3 is 2.45 bits per heavy atom. The molecule has 3 nitrogen and oxygen atoms in total. The minimum atomic E-state index is -1.46. The molecular formula is C6H16O3Si2. The van der Waals surface area contributed by atoms with Gasteiger partial charge in [-0.1, -0.05) is 0 Å². The van der Waals surface area contributed by atoms with Gasteiger partial charge in [-0.2, -0.15) is 0 Å². The summed E-state index contributed by atoms with van der Waals surface area (Å²) in [7, 11) is -0.678. The first-order valence-electron chi connectivity index (χ1n) is 3.66. The van der Waals surface area contributed by atoms with Crippen LogP contribution in [-0.2, 0) is 13.6 Å². The Bertz CT molecular complexity index is 136. The van der Waals surface area contributed by atoms with Gasteiger partial charge in [0.2, 0.25) is 0 Å². The van der Waals surface area contributed by atoms with Crippen LogP contribution in [0.3, 0.4) is 0 Å². The van der Waals surface area contributed by atoms with E-state index in [4.69, 9.17) is 8.85 Å². The molecule has 0 aliphatic carbocycles. The zero-order valence-corrected chi connectivity index (χ0v) is 10.6. The van der Waals surface area contributed by atoms with E-state index in [2.05, 4.69) is 13.1 Å². The van der Waals surface area contributed by atoms with Gasteiger partial charge in [-0.3, -0.25) is 4.79 Å². The summed E-state index contributed by atoms with van der Waals surface area (Å²) in [4.78, 5) is 10.4. The molecule has 0 N–H and O–H groups in total. The minimum Gasteiger partial charge on any atom is -0.466 e. The molecule has 0 aromatic rings. The van der Waals surface area contributed by atoms with E-state index in [0.717, 1.165) is 16.5 Å². The fraction of sp³-hybridized carbons (Fsp3) is 0.833. The monoisotopic (exact) mass is 192 g/mol. The van der Waals surface area contributed by atoms with Gasteiger partial charge < -0.3 is 8.85 Å². The predicted molar refractivity (Wildman–Crippen MR) is 49.9 cm³/mol. The van der Waals surface area contributed by atoms with Crippen LogP contribution in [0.1, 0.15) is 6.92 Å². The van der Waals surface area contributed by atoms with Gasteiger partial charge in [0.25, 0.3) is 0 Å². The first kappa shape index (κ1) is 10.9. The van der Waals surface area contributed by atoms with Crippen LogP contribution in [0.2, 0.25) is 19.1 Å². The number of hydrogen-bond donors (Lipinski definition) is 0. The van der Waals surface area contributed by atoms with Gasteiger partial charge in [-0.25, -0.2) is 0 Å². The van der Waals surface area contributed by atoms with Crippen molar-refractivity contribution in [1.29, 1.82) is 0 Å². The van der Waals surface area contributed by atoms with Crippen molar-refractivity contribution < 1.29 is 13.6 Å². The second kappa shape index (κ2) is 4.68. The molecule has 0 aliphatic heterocycles. The molecule has 11 heavy (non-hydrogen) atoms. The van der Waals surface area contributed by atoms with Crippen LogP contribution < -0.4 is 0 Å². The van der Waals surface area contributed by atoms with Crippen molar-refractivity contribution in [2.45, 2.75) is 26.1 Å². The lowest BCUT2D eigenvalue weighted by molar-refractivity contribution is -0.140. The van der Waals surface area contributed by atoms with Gasteiger partial charge in [-0.15, -0.1) is 0 Å². The first-order valence-corrected chi connectivity index (χ1v) is 7.59. The number of hydrogen-bond acceptors (Lipinski definition) is 3. The molecule has 0 atom stereocenters. The summed E-state index contributed by atoms with van der Waals surface area (Å²) in [6.07, 6.45) is 0. The fourth-order valence-electron chi connectivity index (χ4n) is 0.543. The van der Waals surface area contributed by atoms with E-state index in [0.29, 0.717) is 6.61 Å². The van der Waals surface area contributed by atoms with Crippen molar-refractivity contribution in [3.8, 4) is 0 Å². The molecule has 0 spiro atoms. The van der Waals surface area contributed by atoms with Gasteiger partial charge in [0.05, 0.1) is 6.61 Å². The SMILES string of the molecule is CC(=O)OCC[Si](C)(C)O[SiH3]. The summed E-state index contributed by atoms with van der Waals surface area (Å²) in [5, 5.41) is 0. The Labute approximate surface area is 71.8 Å². The van der Waals surface area contributed by atoms with Crippen molar-refractivity contribution >= 4 is 24.8 Å². The first-order chi connectivity index (χ1) is 4.98. The third kappa shape index (κ3) is 6.27. The molecule has 0 aliphatic rings. The standard InChI is InChI=1S/C6H16O3Si2/c1-6(7)8-4-5-11(2,3)9-10/h4-5H2,1-3,10H3. The third-order valence-corrected chi connectivity index (χ3v) is 7.39. The maximum atomic E-state index is 10.4. The number of ether oxygens (including phenoxy) is 1. The molecule has 0 aromatic carbocycles. The van der Waals surface area contributed by atoms with Gasteiger partial charge in [0.1, 0.15) is 10.5 Å². The normalized spacial score (nSPS) is 11.5. The molecule has 0 unspecified atom stereocenters. The van der Waals surface area contributed by atoms with Crippen molar-refractivity contribution in [1.82, 2.24) is 0 Å². The van der Waals surface area contributed by atoms with Gasteiger partial charge >= 0.3 is 5.97 Å². The number of carbonyl (C=O) groups is 1. The Morgan fingerprint density at radius 2 is 2.09 bits per heavy atom. The molecule has 0 amide bonds. The van der Waals surface area contributed by atoms with Gasteiger partial charge in [0.15, 0.2) is 8.32 Å². The van der Waals surface area contributed by atoms with E-state index in [1.165, 1.54) is 6.92 Å². The molecule has 66 valence electrons. The Morgan fingerprint density at radius 1 is 1.55 bits per heavy atom. The van der Waals surface area contributed by atoms with E-state index in [9.17, 15) is 4.79 Å². The Balaban J connectivity index is 3.45. The van der Waals surface area contributed by atoms with Crippen molar-refractivity contribution in [2.75, 3.05) is 6.61 Å². The highest BCUT2D eigenvalue weighted by Gasteiger charge is 2.19. The lowest BCUT2D eigenvalue weighted by Gasteiger charge is -2.19. The van der Waals surface area contributed by atoms with E-state index >= 15 is 0 Å². The molecule has 0 saturated carbocycles. The highest BCUT2D eigenvalue weighted by Crippen LogP contribution is 2.08. The van der Waals surface area contributed by atoms with Crippen molar-refractivity contribution in [3.63, 3.8) is 0 Å². The molecule has 5 heteroatoms. The van der Waals surface area contributed by atoms with Crippen LogP contribution in [0.15, 0.2) is 0 Å². The second-order valence-corrected chi connectivity index (χ2v) is 8.71. The minimum absolute atomic E-state index is 0.205. The molecule has 0 fully saturated rings. The smallest absolute Gasteiger partial charge is 0.302 e. The Hall–Kier alpha value is -0.136. The second-order valence-electron chi connectivity index (χ2n) is 3.05. The summed E-state index contributed by atoms with van der Waals surface area (Å²) in [6.45, 7) is 6.19. The maximum Gasteiger partial charge on any atom is 0.302 e. The summed E-state index contributed by atoms with van der Waals surface area (Å²) in [5.41, 5.74) is 0. The van der Waals surface area contributed by atoms with Crippen LogP contribution in [0.5, 0.6) is 0 Å². The summed E-state index contributed by atoms with van der Waals surface area (Å²) in [5.74, 6) is -0.205. The van der Waals surface area contributed by atoms with E-state index in [-0.39, 0.29) is 5.97 Å². The van der Waals surface area contributed by atoms with Gasteiger partial charge in [0, 0.05) is 6.92 Å². The molecule has 0 bridgehead atoms. The van der Waals surface area contributed by atoms with Crippen LogP contribution in [0.4, 0.5) is 0 Å². The van der Waals surface area contributed by atoms with Crippen LogP contribution >= 0.6 is 0 Å². The van der Waals surface area contributed by atoms with Gasteiger partial charge in [-0.05, 0) is 19.1 Å². The van der Waals surface area contributed by atoms with Crippen molar-refractivity contribution in [2.24, 2.45) is 0 Å². The summed E-state index contributed by atoms with van der Waals surface area (Å²) < 4.78 is 10.2. The topological polar surface area (TPSA) is 35.5 Å². The zero-order chi connectivity index (χ0) is 8.91.